The molecule has 3 aliphatic rings. The normalized spacial score (nSPS) is 40.6. The summed E-state index contributed by atoms with van der Waals surface area (Å²) in [6, 6.07) is 0.448. The topological polar surface area (TPSA) is 35.2 Å². The summed E-state index contributed by atoms with van der Waals surface area (Å²) < 4.78 is 6.30. The molecule has 3 rings (SSSR count). The lowest BCUT2D eigenvalue weighted by Gasteiger charge is -2.48. The van der Waals surface area contributed by atoms with E-state index in [-0.39, 0.29) is 5.60 Å². The third-order valence-corrected chi connectivity index (χ3v) is 6.84. The van der Waals surface area contributed by atoms with Gasteiger partial charge in [-0.15, -0.1) is 0 Å². The van der Waals surface area contributed by atoms with Crippen LogP contribution in [0.1, 0.15) is 78.1 Å². The summed E-state index contributed by atoms with van der Waals surface area (Å²) in [5.41, 5.74) is 6.79. The molecule has 0 radical (unpaired) electrons. The Balaban J connectivity index is 1.66. The molecule has 1 aliphatic heterocycles. The van der Waals surface area contributed by atoms with E-state index >= 15 is 0 Å². The second-order valence-corrected chi connectivity index (χ2v) is 8.49. The third-order valence-electron chi connectivity index (χ3n) is 6.84. The van der Waals surface area contributed by atoms with Crippen molar-refractivity contribution in [3.05, 3.63) is 0 Å². The fourth-order valence-electron chi connectivity index (χ4n) is 5.39. The van der Waals surface area contributed by atoms with Crippen molar-refractivity contribution in [2.24, 2.45) is 29.4 Å². The first-order valence-corrected chi connectivity index (χ1v) is 9.49. The second-order valence-electron chi connectivity index (χ2n) is 8.49. The van der Waals surface area contributed by atoms with Crippen LogP contribution < -0.4 is 5.73 Å². The van der Waals surface area contributed by atoms with Gasteiger partial charge in [0.15, 0.2) is 0 Å². The number of ether oxygens (including phenoxy) is 1. The molecule has 0 aromatic rings. The Bertz CT molecular complexity index is 329. The molecule has 1 heterocycles. The molecule has 4 unspecified atom stereocenters. The van der Waals surface area contributed by atoms with Gasteiger partial charge in [0.1, 0.15) is 0 Å². The minimum Gasteiger partial charge on any atom is -0.375 e. The SMILES string of the molecule is CC(C)C1CCC(N)C(C2CCOC3(CCCCC3)C2)C1. The van der Waals surface area contributed by atoms with Gasteiger partial charge in [-0.05, 0) is 68.6 Å². The summed E-state index contributed by atoms with van der Waals surface area (Å²) in [5, 5.41) is 0. The van der Waals surface area contributed by atoms with Gasteiger partial charge in [0.2, 0.25) is 0 Å². The zero-order chi connectivity index (χ0) is 14.9. The average molecular weight is 293 g/mol. The molecule has 3 fully saturated rings. The lowest BCUT2D eigenvalue weighted by Crippen LogP contribution is -2.48. The minimum absolute atomic E-state index is 0.242. The van der Waals surface area contributed by atoms with E-state index in [4.69, 9.17) is 10.5 Å². The van der Waals surface area contributed by atoms with Gasteiger partial charge in [-0.2, -0.15) is 0 Å². The molecule has 1 saturated heterocycles. The van der Waals surface area contributed by atoms with E-state index in [1.165, 1.54) is 64.2 Å². The van der Waals surface area contributed by atoms with E-state index in [0.29, 0.717) is 6.04 Å². The van der Waals surface area contributed by atoms with Gasteiger partial charge in [-0.25, -0.2) is 0 Å². The Morgan fingerprint density at radius 3 is 2.52 bits per heavy atom. The average Bonchev–Trinajstić information content (AvgIpc) is 2.48. The summed E-state index contributed by atoms with van der Waals surface area (Å²) in [5.74, 6) is 3.31. The van der Waals surface area contributed by atoms with E-state index in [2.05, 4.69) is 13.8 Å². The molecule has 122 valence electrons. The van der Waals surface area contributed by atoms with Crippen LogP contribution in [0.2, 0.25) is 0 Å². The molecule has 0 bridgehead atoms. The van der Waals surface area contributed by atoms with Gasteiger partial charge < -0.3 is 10.5 Å². The highest BCUT2D eigenvalue weighted by molar-refractivity contribution is 4.95. The van der Waals surface area contributed by atoms with Gasteiger partial charge >= 0.3 is 0 Å². The third kappa shape index (κ3) is 3.47. The smallest absolute Gasteiger partial charge is 0.0685 e. The first-order chi connectivity index (χ1) is 10.1. The van der Waals surface area contributed by atoms with Gasteiger partial charge in [0.05, 0.1) is 5.60 Å². The predicted molar refractivity (Wildman–Crippen MR) is 88.1 cm³/mol. The summed E-state index contributed by atoms with van der Waals surface area (Å²) in [4.78, 5) is 0. The number of hydrogen-bond donors (Lipinski definition) is 1. The first-order valence-electron chi connectivity index (χ1n) is 9.49. The van der Waals surface area contributed by atoms with Crippen molar-refractivity contribution >= 4 is 0 Å². The number of rotatable bonds is 2. The zero-order valence-corrected chi connectivity index (χ0v) is 14.2. The van der Waals surface area contributed by atoms with Gasteiger partial charge in [-0.3, -0.25) is 0 Å². The Hall–Kier alpha value is -0.0800. The number of hydrogen-bond acceptors (Lipinski definition) is 2. The fourth-order valence-corrected chi connectivity index (χ4v) is 5.39. The maximum Gasteiger partial charge on any atom is 0.0685 e. The predicted octanol–water partition coefficient (Wildman–Crippen LogP) is 4.52. The summed E-state index contributed by atoms with van der Waals surface area (Å²) in [6.07, 6.45) is 13.3. The summed E-state index contributed by atoms with van der Waals surface area (Å²) >= 11 is 0. The molecule has 21 heavy (non-hydrogen) atoms. The van der Waals surface area contributed by atoms with Crippen LogP contribution in [0.5, 0.6) is 0 Å². The lowest BCUT2D eigenvalue weighted by molar-refractivity contribution is -0.129. The second kappa shape index (κ2) is 6.58. The van der Waals surface area contributed by atoms with Gasteiger partial charge in [0, 0.05) is 12.6 Å². The Labute approximate surface area is 131 Å². The van der Waals surface area contributed by atoms with E-state index in [1.54, 1.807) is 0 Å². The first kappa shape index (κ1) is 15.8. The van der Waals surface area contributed by atoms with E-state index in [0.717, 1.165) is 30.3 Å². The molecule has 0 amide bonds. The molecule has 2 aliphatic carbocycles. The highest BCUT2D eigenvalue weighted by atomic mass is 16.5. The van der Waals surface area contributed by atoms with Crippen molar-refractivity contribution < 1.29 is 4.74 Å². The molecule has 1 spiro atoms. The quantitative estimate of drug-likeness (QED) is 0.812. The van der Waals surface area contributed by atoms with Gasteiger partial charge in [0.25, 0.3) is 0 Å². The van der Waals surface area contributed by atoms with Crippen LogP contribution in [-0.4, -0.2) is 18.2 Å². The van der Waals surface area contributed by atoms with Crippen molar-refractivity contribution in [1.82, 2.24) is 0 Å². The van der Waals surface area contributed by atoms with Crippen LogP contribution >= 0.6 is 0 Å². The summed E-state index contributed by atoms with van der Waals surface area (Å²) in [7, 11) is 0. The van der Waals surface area contributed by atoms with Crippen molar-refractivity contribution in [2.45, 2.75) is 89.7 Å². The molecule has 2 nitrogen and oxygen atoms in total. The highest BCUT2D eigenvalue weighted by Crippen LogP contribution is 2.46. The Morgan fingerprint density at radius 1 is 1.05 bits per heavy atom. The summed E-state index contributed by atoms with van der Waals surface area (Å²) in [6.45, 7) is 5.77. The van der Waals surface area contributed by atoms with Crippen LogP contribution in [0, 0.1) is 23.7 Å². The lowest BCUT2D eigenvalue weighted by atomic mass is 9.64. The van der Waals surface area contributed by atoms with Crippen molar-refractivity contribution in [2.75, 3.05) is 6.61 Å². The van der Waals surface area contributed by atoms with Crippen LogP contribution in [0.3, 0.4) is 0 Å². The van der Waals surface area contributed by atoms with Crippen LogP contribution in [0.25, 0.3) is 0 Å². The zero-order valence-electron chi connectivity index (χ0n) is 14.2. The largest absolute Gasteiger partial charge is 0.375 e. The molecule has 0 aromatic heterocycles. The monoisotopic (exact) mass is 293 g/mol. The maximum atomic E-state index is 6.55. The molecule has 2 heteroatoms. The van der Waals surface area contributed by atoms with E-state index < -0.39 is 0 Å². The minimum atomic E-state index is 0.242. The van der Waals surface area contributed by atoms with Gasteiger partial charge in [-0.1, -0.05) is 33.1 Å². The molecule has 4 atom stereocenters. The van der Waals surface area contributed by atoms with Crippen molar-refractivity contribution in [1.29, 1.82) is 0 Å². The standard InChI is InChI=1S/C19H35NO/c1-14(2)15-6-7-18(20)17(12-15)16-8-11-21-19(13-16)9-4-3-5-10-19/h14-18H,3-13,20H2,1-2H3. The van der Waals surface area contributed by atoms with Crippen molar-refractivity contribution in [3.8, 4) is 0 Å². The van der Waals surface area contributed by atoms with Crippen LogP contribution in [0.15, 0.2) is 0 Å². The van der Waals surface area contributed by atoms with Crippen LogP contribution in [-0.2, 0) is 4.74 Å². The van der Waals surface area contributed by atoms with E-state index in [1.807, 2.05) is 0 Å². The Morgan fingerprint density at radius 2 is 1.81 bits per heavy atom. The number of nitrogens with two attached hydrogens (primary N) is 1. The van der Waals surface area contributed by atoms with Crippen LogP contribution in [0.4, 0.5) is 0 Å². The molecular formula is C19H35NO. The molecule has 0 aromatic carbocycles. The highest BCUT2D eigenvalue weighted by Gasteiger charge is 2.43. The molecule has 2 N–H and O–H groups in total. The Kier molecular flexibility index (Phi) is 4.95. The maximum absolute atomic E-state index is 6.55. The molecular weight excluding hydrogens is 258 g/mol. The van der Waals surface area contributed by atoms with E-state index in [9.17, 15) is 0 Å². The molecule has 2 saturated carbocycles. The fraction of sp³-hybridized carbons (Fsp3) is 1.00. The van der Waals surface area contributed by atoms with Crippen molar-refractivity contribution in [3.63, 3.8) is 0 Å².